The van der Waals surface area contributed by atoms with Gasteiger partial charge in [0.15, 0.2) is 5.78 Å². The van der Waals surface area contributed by atoms with Crippen LogP contribution in [0.15, 0.2) is 23.0 Å². The molecule has 7 nitrogen and oxygen atoms in total. The minimum atomic E-state index is -0.309. The Morgan fingerprint density at radius 3 is 2.55 bits per heavy atom. The zero-order valence-corrected chi connectivity index (χ0v) is 18.3. The van der Waals surface area contributed by atoms with Gasteiger partial charge in [0.1, 0.15) is 10.7 Å². The second kappa shape index (κ2) is 8.62. The summed E-state index contributed by atoms with van der Waals surface area (Å²) in [5.41, 5.74) is 0.696. The number of aromatic amines is 1. The van der Waals surface area contributed by atoms with Crippen LogP contribution in [0.5, 0.6) is 0 Å². The number of ketones is 1. The highest BCUT2D eigenvalue weighted by atomic mass is 35.5. The average Bonchev–Trinajstić information content (AvgIpc) is 2.95. The maximum atomic E-state index is 12.4. The number of hydrogen-bond acceptors (Lipinski definition) is 6. The van der Waals surface area contributed by atoms with Crippen LogP contribution in [0.3, 0.4) is 0 Å². The maximum Gasteiger partial charge on any atom is 0.259 e. The molecule has 1 amide bonds. The second-order valence-corrected chi connectivity index (χ2v) is 8.44. The SMILES string of the molecule is CC(=O)c1sc2nc(CN(C)CC(=O)Nc3c(Cl)cccc3Cl)[nH]c(=O)c2c1C. The van der Waals surface area contributed by atoms with Crippen LogP contribution < -0.4 is 10.9 Å². The third-order valence-corrected chi connectivity index (χ3v) is 6.15. The molecule has 0 aliphatic heterocycles. The fourth-order valence-electron chi connectivity index (χ4n) is 2.95. The number of carbonyl (C=O) groups excluding carboxylic acids is 2. The van der Waals surface area contributed by atoms with E-state index in [0.29, 0.717) is 42.2 Å². The predicted molar refractivity (Wildman–Crippen MR) is 116 cm³/mol. The zero-order chi connectivity index (χ0) is 21.3. The Kier molecular flexibility index (Phi) is 6.38. The zero-order valence-electron chi connectivity index (χ0n) is 15.9. The lowest BCUT2D eigenvalue weighted by Gasteiger charge is -2.16. The van der Waals surface area contributed by atoms with Crippen molar-refractivity contribution in [3.8, 4) is 0 Å². The molecule has 2 N–H and O–H groups in total. The van der Waals surface area contributed by atoms with Crippen LogP contribution in [0.4, 0.5) is 5.69 Å². The van der Waals surface area contributed by atoms with Crippen molar-refractivity contribution in [3.05, 3.63) is 54.9 Å². The number of halogens is 2. The van der Waals surface area contributed by atoms with Gasteiger partial charge < -0.3 is 10.3 Å². The Morgan fingerprint density at radius 2 is 1.93 bits per heavy atom. The van der Waals surface area contributed by atoms with E-state index in [2.05, 4.69) is 15.3 Å². The van der Waals surface area contributed by atoms with Crippen molar-refractivity contribution in [1.29, 1.82) is 0 Å². The molecule has 0 spiro atoms. The van der Waals surface area contributed by atoms with Crippen molar-refractivity contribution in [2.24, 2.45) is 0 Å². The maximum absolute atomic E-state index is 12.4. The lowest BCUT2D eigenvalue weighted by Crippen LogP contribution is -2.31. The molecular formula is C19H18Cl2N4O3S. The summed E-state index contributed by atoms with van der Waals surface area (Å²) >= 11 is 13.3. The minimum Gasteiger partial charge on any atom is -0.322 e. The Labute approximate surface area is 180 Å². The summed E-state index contributed by atoms with van der Waals surface area (Å²) in [5, 5.41) is 3.81. The van der Waals surface area contributed by atoms with Crippen molar-refractivity contribution in [1.82, 2.24) is 14.9 Å². The largest absolute Gasteiger partial charge is 0.322 e. The molecule has 3 rings (SSSR count). The lowest BCUT2D eigenvalue weighted by atomic mass is 10.2. The van der Waals surface area contributed by atoms with Gasteiger partial charge in [-0.05, 0) is 38.6 Å². The third-order valence-electron chi connectivity index (χ3n) is 4.23. The molecule has 2 heterocycles. The van der Waals surface area contributed by atoms with Gasteiger partial charge in [-0.3, -0.25) is 19.3 Å². The molecule has 0 unspecified atom stereocenters. The molecule has 0 atom stereocenters. The van der Waals surface area contributed by atoms with Gasteiger partial charge in [0, 0.05) is 0 Å². The molecule has 0 saturated carbocycles. The smallest absolute Gasteiger partial charge is 0.259 e. The molecule has 0 aliphatic rings. The van der Waals surface area contributed by atoms with E-state index < -0.39 is 0 Å². The van der Waals surface area contributed by atoms with Gasteiger partial charge in [0.25, 0.3) is 5.56 Å². The number of aryl methyl sites for hydroxylation is 1. The predicted octanol–water partition coefficient (Wildman–Crippen LogP) is 3.87. The number of amides is 1. The quantitative estimate of drug-likeness (QED) is 0.553. The highest BCUT2D eigenvalue weighted by Gasteiger charge is 2.18. The van der Waals surface area contributed by atoms with Crippen molar-refractivity contribution in [2.75, 3.05) is 18.9 Å². The summed E-state index contributed by atoms with van der Waals surface area (Å²) in [7, 11) is 1.72. The van der Waals surface area contributed by atoms with Gasteiger partial charge in [-0.25, -0.2) is 4.98 Å². The van der Waals surface area contributed by atoms with E-state index in [0.717, 1.165) is 0 Å². The fourth-order valence-corrected chi connectivity index (χ4v) is 4.54. The first-order chi connectivity index (χ1) is 13.7. The molecule has 0 fully saturated rings. The second-order valence-electron chi connectivity index (χ2n) is 6.62. The number of para-hydroxylation sites is 1. The number of rotatable bonds is 6. The first kappa shape index (κ1) is 21.4. The van der Waals surface area contributed by atoms with E-state index in [4.69, 9.17) is 23.2 Å². The van der Waals surface area contributed by atoms with Gasteiger partial charge in [0.05, 0.1) is 39.1 Å². The minimum absolute atomic E-state index is 0.0332. The Balaban J connectivity index is 1.74. The first-order valence-electron chi connectivity index (χ1n) is 8.63. The number of likely N-dealkylation sites (N-methyl/N-ethyl adjacent to an activating group) is 1. The molecule has 152 valence electrons. The average molecular weight is 453 g/mol. The topological polar surface area (TPSA) is 95.2 Å². The Morgan fingerprint density at radius 1 is 1.28 bits per heavy atom. The first-order valence-corrected chi connectivity index (χ1v) is 10.2. The number of hydrogen-bond donors (Lipinski definition) is 2. The molecule has 3 aromatic rings. The summed E-state index contributed by atoms with van der Waals surface area (Å²) in [6, 6.07) is 4.96. The molecule has 10 heteroatoms. The number of Topliss-reactive ketones (excluding diaryl/α,β-unsaturated/α-hetero) is 1. The number of nitrogens with zero attached hydrogens (tertiary/aromatic N) is 2. The normalized spacial score (nSPS) is 11.2. The highest BCUT2D eigenvalue weighted by Crippen LogP contribution is 2.30. The van der Waals surface area contributed by atoms with E-state index in [1.54, 1.807) is 37.1 Å². The molecule has 1 aromatic carbocycles. The van der Waals surface area contributed by atoms with Crippen LogP contribution >= 0.6 is 34.5 Å². The number of thiophene rings is 1. The van der Waals surface area contributed by atoms with Gasteiger partial charge in [0.2, 0.25) is 5.91 Å². The van der Waals surface area contributed by atoms with E-state index >= 15 is 0 Å². The summed E-state index contributed by atoms with van der Waals surface area (Å²) in [5.74, 6) is 0.000148. The van der Waals surface area contributed by atoms with Crippen molar-refractivity contribution in [2.45, 2.75) is 20.4 Å². The number of carbonyl (C=O) groups is 2. The summed E-state index contributed by atoms with van der Waals surface area (Å²) in [6.45, 7) is 3.47. The molecule has 0 saturated heterocycles. The van der Waals surface area contributed by atoms with Gasteiger partial charge in [-0.1, -0.05) is 29.3 Å². The van der Waals surface area contributed by atoms with Gasteiger partial charge in [-0.2, -0.15) is 0 Å². The number of aromatic nitrogens is 2. The number of fused-ring (bicyclic) bond motifs is 1. The summed E-state index contributed by atoms with van der Waals surface area (Å²) in [4.78, 5) is 46.4. The van der Waals surface area contributed by atoms with Crippen LogP contribution in [0.1, 0.15) is 28.0 Å². The van der Waals surface area contributed by atoms with Crippen molar-refractivity contribution >= 4 is 62.1 Å². The number of H-pyrrole nitrogens is 1. The highest BCUT2D eigenvalue weighted by molar-refractivity contribution is 7.20. The number of benzene rings is 1. The van der Waals surface area contributed by atoms with Crippen molar-refractivity contribution in [3.63, 3.8) is 0 Å². The fraction of sp³-hybridized carbons (Fsp3) is 0.263. The van der Waals surface area contributed by atoms with E-state index in [1.807, 2.05) is 0 Å². The molecule has 29 heavy (non-hydrogen) atoms. The lowest BCUT2D eigenvalue weighted by molar-refractivity contribution is -0.117. The van der Waals surface area contributed by atoms with Gasteiger partial charge >= 0.3 is 0 Å². The molecular weight excluding hydrogens is 435 g/mol. The van der Waals surface area contributed by atoms with E-state index in [-0.39, 0.29) is 30.3 Å². The number of nitrogens with one attached hydrogen (secondary N) is 2. The van der Waals surface area contributed by atoms with Crippen LogP contribution in [0, 0.1) is 6.92 Å². The van der Waals surface area contributed by atoms with Gasteiger partial charge in [-0.15, -0.1) is 11.3 Å². The molecule has 2 aromatic heterocycles. The summed E-state index contributed by atoms with van der Waals surface area (Å²) in [6.07, 6.45) is 0. The molecule has 0 bridgehead atoms. The number of anilines is 1. The van der Waals surface area contributed by atoms with E-state index in [9.17, 15) is 14.4 Å². The van der Waals surface area contributed by atoms with Crippen LogP contribution in [-0.2, 0) is 11.3 Å². The van der Waals surface area contributed by atoms with Crippen LogP contribution in [0.2, 0.25) is 10.0 Å². The van der Waals surface area contributed by atoms with Crippen LogP contribution in [0.25, 0.3) is 10.2 Å². The Bertz CT molecular complexity index is 1150. The Hall–Kier alpha value is -2.26. The van der Waals surface area contributed by atoms with Crippen LogP contribution in [-0.4, -0.2) is 40.2 Å². The molecule has 0 aliphatic carbocycles. The standard InChI is InChI=1S/C19H18Cl2N4O3S/c1-9-15-18(28)22-13(23-19(15)29-17(9)10(2)26)7-25(3)8-14(27)24-16-11(20)5-4-6-12(16)21/h4-6H,7-8H2,1-3H3,(H,24,27)(H,22,23,28). The monoisotopic (exact) mass is 452 g/mol. The third kappa shape index (κ3) is 4.67. The summed E-state index contributed by atoms with van der Waals surface area (Å²) < 4.78 is 0. The molecule has 0 radical (unpaired) electrons. The van der Waals surface area contributed by atoms with E-state index in [1.165, 1.54) is 18.3 Å². The van der Waals surface area contributed by atoms with Crippen molar-refractivity contribution < 1.29 is 9.59 Å².